The van der Waals surface area contributed by atoms with E-state index in [0.717, 1.165) is 17.7 Å². The SMILES string of the molecule is CCc1ccccc1NC(=S)N1CCNC(=O)[C@@H]1CC(=O)OC. The summed E-state index contributed by atoms with van der Waals surface area (Å²) in [6.07, 6.45) is 0.845. The summed E-state index contributed by atoms with van der Waals surface area (Å²) in [5.74, 6) is -0.650. The second kappa shape index (κ2) is 7.92. The molecule has 1 saturated heterocycles. The van der Waals surface area contributed by atoms with Gasteiger partial charge in [0.25, 0.3) is 0 Å². The fourth-order valence-electron chi connectivity index (χ4n) is 2.54. The van der Waals surface area contributed by atoms with Crippen LogP contribution in [0.4, 0.5) is 5.69 Å². The first-order valence-corrected chi connectivity index (χ1v) is 7.97. The normalized spacial score (nSPS) is 17.4. The number of nitrogens with one attached hydrogen (secondary N) is 2. The lowest BCUT2D eigenvalue weighted by molar-refractivity contribution is -0.144. The summed E-state index contributed by atoms with van der Waals surface area (Å²) in [4.78, 5) is 25.4. The number of hydrogen-bond donors (Lipinski definition) is 2. The van der Waals surface area contributed by atoms with Crippen LogP contribution >= 0.6 is 12.2 Å². The Morgan fingerprint density at radius 2 is 2.22 bits per heavy atom. The third-order valence-corrected chi connectivity index (χ3v) is 4.16. The number of amides is 1. The summed E-state index contributed by atoms with van der Waals surface area (Å²) in [5, 5.41) is 6.39. The number of benzene rings is 1. The number of carbonyl (C=O) groups excluding carboxylic acids is 2. The topological polar surface area (TPSA) is 70.7 Å². The van der Waals surface area contributed by atoms with E-state index in [0.29, 0.717) is 18.2 Å². The molecule has 1 fully saturated rings. The second-order valence-electron chi connectivity index (χ2n) is 5.22. The van der Waals surface area contributed by atoms with Crippen molar-refractivity contribution in [1.82, 2.24) is 10.2 Å². The molecule has 124 valence electrons. The Labute approximate surface area is 141 Å². The molecule has 1 heterocycles. The summed E-state index contributed by atoms with van der Waals surface area (Å²) >= 11 is 5.47. The molecule has 2 rings (SSSR count). The molecule has 0 bridgehead atoms. The minimum absolute atomic E-state index is 0.0282. The van der Waals surface area contributed by atoms with Crippen LogP contribution in [0.3, 0.4) is 0 Å². The van der Waals surface area contributed by atoms with E-state index in [4.69, 9.17) is 12.2 Å². The minimum Gasteiger partial charge on any atom is -0.469 e. The van der Waals surface area contributed by atoms with Crippen LogP contribution in [0.1, 0.15) is 18.9 Å². The molecular weight excluding hydrogens is 314 g/mol. The minimum atomic E-state index is -0.648. The number of carbonyl (C=O) groups is 2. The molecule has 1 aliphatic rings. The smallest absolute Gasteiger partial charge is 0.308 e. The Bertz CT molecular complexity index is 606. The molecule has 1 aliphatic heterocycles. The van der Waals surface area contributed by atoms with Crippen molar-refractivity contribution in [2.24, 2.45) is 0 Å². The lowest BCUT2D eigenvalue weighted by Crippen LogP contribution is -2.58. The summed E-state index contributed by atoms with van der Waals surface area (Å²) in [6.45, 7) is 3.11. The number of rotatable bonds is 4. The zero-order chi connectivity index (χ0) is 16.8. The maximum atomic E-state index is 12.1. The number of esters is 1. The van der Waals surface area contributed by atoms with E-state index in [1.807, 2.05) is 24.3 Å². The highest BCUT2D eigenvalue weighted by molar-refractivity contribution is 7.80. The first-order valence-electron chi connectivity index (χ1n) is 7.56. The summed E-state index contributed by atoms with van der Waals surface area (Å²) < 4.78 is 4.67. The zero-order valence-corrected chi connectivity index (χ0v) is 14.1. The maximum absolute atomic E-state index is 12.1. The van der Waals surface area contributed by atoms with Crippen LogP contribution in [0.15, 0.2) is 24.3 Å². The predicted molar refractivity (Wildman–Crippen MR) is 92.2 cm³/mol. The predicted octanol–water partition coefficient (Wildman–Crippen LogP) is 1.31. The molecule has 6 nitrogen and oxygen atoms in total. The van der Waals surface area contributed by atoms with Gasteiger partial charge >= 0.3 is 5.97 Å². The lowest BCUT2D eigenvalue weighted by Gasteiger charge is -2.36. The maximum Gasteiger partial charge on any atom is 0.308 e. The number of methoxy groups -OCH3 is 1. The number of anilines is 1. The number of para-hydroxylation sites is 1. The van der Waals surface area contributed by atoms with Crippen molar-refractivity contribution in [3.63, 3.8) is 0 Å². The molecule has 23 heavy (non-hydrogen) atoms. The monoisotopic (exact) mass is 335 g/mol. The fraction of sp³-hybridized carbons (Fsp3) is 0.438. The van der Waals surface area contributed by atoms with Crippen LogP contribution < -0.4 is 10.6 Å². The molecule has 1 amide bonds. The van der Waals surface area contributed by atoms with E-state index in [-0.39, 0.29) is 12.3 Å². The zero-order valence-electron chi connectivity index (χ0n) is 13.3. The molecule has 7 heteroatoms. The number of ether oxygens (including phenoxy) is 1. The van der Waals surface area contributed by atoms with Gasteiger partial charge in [0, 0.05) is 18.8 Å². The van der Waals surface area contributed by atoms with E-state index < -0.39 is 12.0 Å². The van der Waals surface area contributed by atoms with E-state index in [2.05, 4.69) is 22.3 Å². The molecule has 0 aromatic heterocycles. The Morgan fingerprint density at radius 3 is 2.91 bits per heavy atom. The number of thiocarbonyl (C=S) groups is 1. The van der Waals surface area contributed by atoms with Gasteiger partial charge in [-0.05, 0) is 30.3 Å². The van der Waals surface area contributed by atoms with Crippen molar-refractivity contribution >= 4 is 34.9 Å². The van der Waals surface area contributed by atoms with Crippen LogP contribution in [0.2, 0.25) is 0 Å². The molecule has 2 N–H and O–H groups in total. The van der Waals surface area contributed by atoms with Gasteiger partial charge in [0.2, 0.25) is 5.91 Å². The van der Waals surface area contributed by atoms with E-state index >= 15 is 0 Å². The number of hydrogen-bond acceptors (Lipinski definition) is 4. The van der Waals surface area contributed by atoms with Gasteiger partial charge in [0.1, 0.15) is 6.04 Å². The third-order valence-electron chi connectivity index (χ3n) is 3.82. The average Bonchev–Trinajstić information content (AvgIpc) is 2.56. The Hall–Kier alpha value is -2.15. The number of aryl methyl sites for hydroxylation is 1. The first kappa shape index (κ1) is 17.2. The molecule has 0 saturated carbocycles. The molecule has 1 aromatic carbocycles. The second-order valence-corrected chi connectivity index (χ2v) is 5.61. The van der Waals surface area contributed by atoms with Gasteiger partial charge in [-0.25, -0.2) is 0 Å². The van der Waals surface area contributed by atoms with Crippen molar-refractivity contribution in [2.75, 3.05) is 25.5 Å². The molecule has 0 unspecified atom stereocenters. The van der Waals surface area contributed by atoms with Gasteiger partial charge in [-0.2, -0.15) is 0 Å². The van der Waals surface area contributed by atoms with Crippen molar-refractivity contribution in [3.8, 4) is 0 Å². The summed E-state index contributed by atoms with van der Waals surface area (Å²) in [7, 11) is 1.31. The molecule has 0 spiro atoms. The highest BCUT2D eigenvalue weighted by Crippen LogP contribution is 2.18. The van der Waals surface area contributed by atoms with Gasteiger partial charge in [-0.1, -0.05) is 25.1 Å². The van der Waals surface area contributed by atoms with Crippen molar-refractivity contribution in [2.45, 2.75) is 25.8 Å². The lowest BCUT2D eigenvalue weighted by atomic mass is 10.1. The van der Waals surface area contributed by atoms with Gasteiger partial charge in [-0.3, -0.25) is 9.59 Å². The van der Waals surface area contributed by atoms with E-state index in [1.165, 1.54) is 7.11 Å². The van der Waals surface area contributed by atoms with Gasteiger partial charge in [0.15, 0.2) is 5.11 Å². The van der Waals surface area contributed by atoms with Gasteiger partial charge < -0.3 is 20.3 Å². The summed E-state index contributed by atoms with van der Waals surface area (Å²) in [6, 6.07) is 7.23. The van der Waals surface area contributed by atoms with Crippen molar-refractivity contribution in [1.29, 1.82) is 0 Å². The third kappa shape index (κ3) is 4.19. The molecular formula is C16H21N3O3S. The molecule has 1 atom stereocenters. The first-order chi connectivity index (χ1) is 11.1. The molecule has 0 aliphatic carbocycles. The van der Waals surface area contributed by atoms with Crippen LogP contribution in [-0.2, 0) is 20.7 Å². The van der Waals surface area contributed by atoms with Crippen LogP contribution in [0, 0.1) is 0 Å². The Kier molecular flexibility index (Phi) is 5.92. The molecule has 0 radical (unpaired) electrons. The number of piperazine rings is 1. The van der Waals surface area contributed by atoms with Crippen molar-refractivity contribution in [3.05, 3.63) is 29.8 Å². The van der Waals surface area contributed by atoms with E-state index in [9.17, 15) is 9.59 Å². The van der Waals surface area contributed by atoms with Crippen molar-refractivity contribution < 1.29 is 14.3 Å². The Balaban J connectivity index is 2.14. The van der Waals surface area contributed by atoms with E-state index in [1.54, 1.807) is 4.90 Å². The Morgan fingerprint density at radius 1 is 1.48 bits per heavy atom. The number of nitrogens with zero attached hydrogens (tertiary/aromatic N) is 1. The highest BCUT2D eigenvalue weighted by atomic mass is 32.1. The summed E-state index contributed by atoms with van der Waals surface area (Å²) in [5.41, 5.74) is 2.06. The standard InChI is InChI=1S/C16H21N3O3S/c1-3-11-6-4-5-7-12(11)18-16(23)19-9-8-17-15(21)13(19)10-14(20)22-2/h4-7,13H,3,8-10H2,1-2H3,(H,17,21)(H,18,23)/t13-/m0/s1. The fourth-order valence-corrected chi connectivity index (χ4v) is 2.87. The molecule has 1 aromatic rings. The largest absolute Gasteiger partial charge is 0.469 e. The van der Waals surface area contributed by atoms with Crippen LogP contribution in [0.25, 0.3) is 0 Å². The van der Waals surface area contributed by atoms with Gasteiger partial charge in [-0.15, -0.1) is 0 Å². The quantitative estimate of drug-likeness (QED) is 0.639. The van der Waals surface area contributed by atoms with Gasteiger partial charge in [0.05, 0.1) is 13.5 Å². The highest BCUT2D eigenvalue weighted by Gasteiger charge is 2.33. The van der Waals surface area contributed by atoms with Crippen LogP contribution in [0.5, 0.6) is 0 Å². The van der Waals surface area contributed by atoms with Crippen LogP contribution in [-0.4, -0.2) is 48.1 Å². The average molecular weight is 335 g/mol.